The molecule has 222 valence electrons. The maximum absolute atomic E-state index is 13.6. The maximum atomic E-state index is 13.6. The van der Waals surface area contributed by atoms with Gasteiger partial charge in [0.15, 0.2) is 0 Å². The van der Waals surface area contributed by atoms with Gasteiger partial charge in [-0.15, -0.1) is 0 Å². The van der Waals surface area contributed by atoms with Crippen molar-refractivity contribution in [2.75, 3.05) is 0 Å². The number of hydrogen-bond donors (Lipinski definition) is 0. The average Bonchev–Trinajstić information content (AvgIpc) is 3.41. The van der Waals surface area contributed by atoms with Crippen molar-refractivity contribution in [2.45, 2.75) is 111 Å². The van der Waals surface area contributed by atoms with E-state index in [9.17, 15) is 9.59 Å². The molecule has 1 aliphatic heterocycles. The van der Waals surface area contributed by atoms with Gasteiger partial charge in [0, 0.05) is 12.8 Å². The Morgan fingerprint density at radius 1 is 1.05 bits per heavy atom. The van der Waals surface area contributed by atoms with E-state index in [1.54, 1.807) is 0 Å². The molecule has 0 N–H and O–H groups in total. The molecule has 1 aromatic carbocycles. The van der Waals surface area contributed by atoms with Crippen LogP contribution in [0.1, 0.15) is 103 Å². The minimum Gasteiger partial charge on any atom is -0.490 e. The van der Waals surface area contributed by atoms with Crippen molar-refractivity contribution < 1.29 is 23.8 Å². The van der Waals surface area contributed by atoms with Crippen LogP contribution >= 0.6 is 0 Å². The lowest BCUT2D eigenvalue weighted by atomic mass is 9.45. The number of carbonyl (C=O) groups is 2. The lowest BCUT2D eigenvalue weighted by molar-refractivity contribution is -0.156. The zero-order valence-corrected chi connectivity index (χ0v) is 25.8. The van der Waals surface area contributed by atoms with Crippen LogP contribution in [0.5, 0.6) is 0 Å². The number of carbonyl (C=O) groups excluding carboxylic acids is 2. The second kappa shape index (κ2) is 10.6. The molecule has 0 spiro atoms. The SMILES string of the molecule is CC(=O)O[C@H]1CC[C@@]2(C)[C@@H](CC[C@H]3C4=CC5=C([C@H](C)C(CCC(C)C)O5)[C@@]4(C)[C@H](OC(=O)c4ccccc4)C[C@@H]32)C1. The lowest BCUT2D eigenvalue weighted by Gasteiger charge is -2.60. The first-order valence-corrected chi connectivity index (χ1v) is 16.1. The van der Waals surface area contributed by atoms with E-state index in [1.165, 1.54) is 18.1 Å². The molecule has 5 nitrogen and oxygen atoms in total. The average molecular weight is 561 g/mol. The molecule has 9 atom stereocenters. The Labute approximate surface area is 246 Å². The topological polar surface area (TPSA) is 61.8 Å². The second-order valence-electron chi connectivity index (χ2n) is 14.5. The minimum atomic E-state index is -0.342. The highest BCUT2D eigenvalue weighted by Crippen LogP contribution is 2.68. The van der Waals surface area contributed by atoms with Crippen molar-refractivity contribution in [3.8, 4) is 0 Å². The van der Waals surface area contributed by atoms with Gasteiger partial charge in [0.2, 0.25) is 0 Å². The molecule has 6 rings (SSSR count). The molecule has 0 saturated heterocycles. The first-order valence-electron chi connectivity index (χ1n) is 16.1. The van der Waals surface area contributed by atoms with Crippen LogP contribution in [0.2, 0.25) is 0 Å². The Bertz CT molecular complexity index is 1250. The minimum absolute atomic E-state index is 0.0240. The van der Waals surface area contributed by atoms with Crippen LogP contribution in [0.3, 0.4) is 0 Å². The van der Waals surface area contributed by atoms with E-state index in [0.29, 0.717) is 35.2 Å². The van der Waals surface area contributed by atoms with E-state index in [0.717, 1.165) is 57.1 Å². The summed E-state index contributed by atoms with van der Waals surface area (Å²) < 4.78 is 19.0. The number of ether oxygens (including phenoxy) is 3. The van der Waals surface area contributed by atoms with E-state index in [1.807, 2.05) is 30.3 Å². The van der Waals surface area contributed by atoms with Crippen molar-refractivity contribution in [1.29, 1.82) is 0 Å². The van der Waals surface area contributed by atoms with Gasteiger partial charge in [-0.05, 0) is 117 Å². The third-order valence-electron chi connectivity index (χ3n) is 11.8. The van der Waals surface area contributed by atoms with E-state index in [-0.39, 0.29) is 41.1 Å². The Balaban J connectivity index is 1.34. The highest BCUT2D eigenvalue weighted by molar-refractivity contribution is 5.89. The molecule has 5 aliphatic rings. The van der Waals surface area contributed by atoms with Crippen LogP contribution in [-0.2, 0) is 19.0 Å². The van der Waals surface area contributed by atoms with Crippen molar-refractivity contribution >= 4 is 11.9 Å². The number of esters is 2. The van der Waals surface area contributed by atoms with E-state index < -0.39 is 0 Å². The fraction of sp³-hybridized carbons (Fsp3) is 0.667. The van der Waals surface area contributed by atoms with Crippen molar-refractivity contribution in [1.82, 2.24) is 0 Å². The second-order valence-corrected chi connectivity index (χ2v) is 14.5. The Hall–Kier alpha value is -2.56. The monoisotopic (exact) mass is 560 g/mol. The lowest BCUT2D eigenvalue weighted by Crippen LogP contribution is -2.56. The quantitative estimate of drug-likeness (QED) is 0.329. The van der Waals surface area contributed by atoms with Crippen molar-refractivity contribution in [2.24, 2.45) is 40.4 Å². The van der Waals surface area contributed by atoms with Gasteiger partial charge in [0.05, 0.1) is 11.0 Å². The molecule has 3 fully saturated rings. The largest absolute Gasteiger partial charge is 0.490 e. The molecule has 3 saturated carbocycles. The Morgan fingerprint density at radius 3 is 2.51 bits per heavy atom. The third kappa shape index (κ3) is 4.76. The van der Waals surface area contributed by atoms with Gasteiger partial charge in [-0.2, -0.15) is 0 Å². The summed E-state index contributed by atoms with van der Waals surface area (Å²) in [6.45, 7) is 13.2. The summed E-state index contributed by atoms with van der Waals surface area (Å²) in [6.07, 6.45) is 10.6. The van der Waals surface area contributed by atoms with Crippen LogP contribution < -0.4 is 0 Å². The number of allylic oxidation sites excluding steroid dienone is 1. The molecular formula is C36H48O5. The van der Waals surface area contributed by atoms with Crippen LogP contribution in [0, 0.1) is 40.4 Å². The van der Waals surface area contributed by atoms with Crippen LogP contribution in [0.25, 0.3) is 0 Å². The summed E-state index contributed by atoms with van der Waals surface area (Å²) in [6, 6.07) is 9.44. The predicted octanol–water partition coefficient (Wildman–Crippen LogP) is 8.05. The summed E-state index contributed by atoms with van der Waals surface area (Å²) in [4.78, 5) is 25.3. The molecule has 4 aliphatic carbocycles. The molecule has 5 heteroatoms. The molecule has 0 aromatic heterocycles. The molecule has 0 radical (unpaired) electrons. The number of fused-ring (bicyclic) bond motifs is 6. The number of benzene rings is 1. The van der Waals surface area contributed by atoms with Gasteiger partial charge in [-0.1, -0.05) is 45.9 Å². The molecular weight excluding hydrogens is 512 g/mol. The summed E-state index contributed by atoms with van der Waals surface area (Å²) in [5.41, 5.74) is 3.18. The van der Waals surface area contributed by atoms with Crippen LogP contribution in [-0.4, -0.2) is 30.3 Å². The van der Waals surface area contributed by atoms with Crippen LogP contribution in [0.4, 0.5) is 0 Å². The first-order chi connectivity index (χ1) is 19.5. The van der Waals surface area contributed by atoms with Gasteiger partial charge in [0.25, 0.3) is 0 Å². The summed E-state index contributed by atoms with van der Waals surface area (Å²) in [7, 11) is 0. The Morgan fingerprint density at radius 2 is 1.80 bits per heavy atom. The number of hydrogen-bond acceptors (Lipinski definition) is 5. The third-order valence-corrected chi connectivity index (χ3v) is 11.8. The summed E-state index contributed by atoms with van der Waals surface area (Å²) >= 11 is 0. The summed E-state index contributed by atoms with van der Waals surface area (Å²) in [5, 5.41) is 0. The van der Waals surface area contributed by atoms with E-state index >= 15 is 0 Å². The van der Waals surface area contributed by atoms with Crippen molar-refractivity contribution in [3.05, 3.63) is 58.9 Å². The predicted molar refractivity (Wildman–Crippen MR) is 159 cm³/mol. The zero-order chi connectivity index (χ0) is 29.1. The number of rotatable bonds is 6. The van der Waals surface area contributed by atoms with Gasteiger partial charge in [0.1, 0.15) is 24.1 Å². The fourth-order valence-electron chi connectivity index (χ4n) is 9.59. The Kier molecular flexibility index (Phi) is 7.39. The normalized spacial score (nSPS) is 39.2. The molecule has 1 aromatic rings. The molecule has 0 amide bonds. The molecule has 41 heavy (non-hydrogen) atoms. The first kappa shape index (κ1) is 28.6. The van der Waals surface area contributed by atoms with Gasteiger partial charge < -0.3 is 14.2 Å². The maximum Gasteiger partial charge on any atom is 0.338 e. The van der Waals surface area contributed by atoms with Crippen molar-refractivity contribution in [3.63, 3.8) is 0 Å². The highest BCUT2D eigenvalue weighted by Gasteiger charge is 2.63. The van der Waals surface area contributed by atoms with Gasteiger partial charge >= 0.3 is 11.9 Å². The smallest absolute Gasteiger partial charge is 0.338 e. The van der Waals surface area contributed by atoms with E-state index in [4.69, 9.17) is 14.2 Å². The van der Waals surface area contributed by atoms with Gasteiger partial charge in [-0.25, -0.2) is 4.79 Å². The molecule has 0 bridgehead atoms. The standard InChI is InChI=1S/C36H48O5/c1-21(2)12-15-30-22(3)33-31(40-30)19-29-27-14-13-25-18-26(39-23(4)37)16-17-35(25,5)28(27)20-32(36(29,33)6)41-34(38)24-10-8-7-9-11-24/h7-11,19,21-22,25-28,30,32H,12-18,20H2,1-6H3/t22-,25+,26+,27-,28+,30?,32-,35+,36-/m1/s1. The molecule has 1 heterocycles. The fourth-order valence-corrected chi connectivity index (χ4v) is 9.59. The molecule has 1 unspecified atom stereocenters. The summed E-state index contributed by atoms with van der Waals surface area (Å²) in [5.74, 6) is 2.96. The highest BCUT2D eigenvalue weighted by atomic mass is 16.5. The van der Waals surface area contributed by atoms with Gasteiger partial charge in [-0.3, -0.25) is 4.79 Å². The van der Waals surface area contributed by atoms with E-state index in [2.05, 4.69) is 40.7 Å². The van der Waals surface area contributed by atoms with Crippen LogP contribution in [0.15, 0.2) is 53.3 Å². The zero-order valence-electron chi connectivity index (χ0n) is 25.8.